The minimum Gasteiger partial charge on any atom is -0.288 e. The van der Waals surface area contributed by atoms with E-state index in [-0.39, 0.29) is 21.3 Å². The van der Waals surface area contributed by atoms with Crippen LogP contribution in [0.3, 0.4) is 0 Å². The van der Waals surface area contributed by atoms with Crippen LogP contribution in [0.15, 0.2) is 78.8 Å². The number of halogens is 1. The highest BCUT2D eigenvalue weighted by atomic mass is 32.2. The van der Waals surface area contributed by atoms with E-state index in [9.17, 15) is 17.6 Å². The van der Waals surface area contributed by atoms with E-state index in [4.69, 9.17) is 0 Å². The average molecular weight is 413 g/mol. The van der Waals surface area contributed by atoms with Gasteiger partial charge in [0.25, 0.3) is 10.0 Å². The molecule has 0 radical (unpaired) electrons. The Morgan fingerprint density at radius 2 is 1.75 bits per heavy atom. The summed E-state index contributed by atoms with van der Waals surface area (Å²) in [5, 5.41) is 0.430. The van der Waals surface area contributed by atoms with Crippen LogP contribution in [0.4, 0.5) is 4.39 Å². The van der Waals surface area contributed by atoms with Crippen molar-refractivity contribution in [3.8, 4) is 0 Å². The highest BCUT2D eigenvalue weighted by Gasteiger charge is 2.27. The van der Waals surface area contributed by atoms with Gasteiger partial charge in [0.2, 0.25) is 5.78 Å². The number of rotatable bonds is 3. The topological polar surface area (TPSA) is 88.3 Å². The maximum atomic E-state index is 13.1. The Balaban J connectivity index is 1.81. The fourth-order valence-electron chi connectivity index (χ4n) is 2.68. The Hall–Kier alpha value is -2.91. The van der Waals surface area contributed by atoms with Crippen molar-refractivity contribution in [3.05, 3.63) is 76.5 Å². The van der Waals surface area contributed by atoms with Gasteiger partial charge in [-0.1, -0.05) is 24.3 Å². The number of hydrogen-bond acceptors (Lipinski definition) is 6. The summed E-state index contributed by atoms with van der Waals surface area (Å²) >= 11 is 1.07. The van der Waals surface area contributed by atoms with Gasteiger partial charge in [0, 0.05) is 17.3 Å². The minimum atomic E-state index is -4.09. The first-order valence-corrected chi connectivity index (χ1v) is 10.4. The van der Waals surface area contributed by atoms with Gasteiger partial charge in [0.05, 0.1) is 22.1 Å². The van der Waals surface area contributed by atoms with Crippen LogP contribution in [-0.4, -0.2) is 37.8 Å². The van der Waals surface area contributed by atoms with E-state index < -0.39 is 15.8 Å². The van der Waals surface area contributed by atoms with Gasteiger partial charge in [-0.05, 0) is 42.1 Å². The van der Waals surface area contributed by atoms with Crippen molar-refractivity contribution < 1.29 is 17.6 Å². The number of benzene rings is 2. The Bertz CT molecular complexity index is 1200. The Morgan fingerprint density at radius 3 is 2.43 bits per heavy atom. The summed E-state index contributed by atoms with van der Waals surface area (Å²) in [4.78, 5) is 21.2. The summed E-state index contributed by atoms with van der Waals surface area (Å²) in [5.41, 5.74) is 0.895. The third kappa shape index (κ3) is 3.58. The lowest BCUT2D eigenvalue weighted by molar-refractivity contribution is 0.104. The summed E-state index contributed by atoms with van der Waals surface area (Å²) in [6.07, 6.45) is 3.05. The molecule has 1 aliphatic heterocycles. The van der Waals surface area contributed by atoms with Crippen molar-refractivity contribution in [3.63, 3.8) is 0 Å². The molecule has 0 saturated heterocycles. The second-order valence-electron chi connectivity index (χ2n) is 5.83. The van der Waals surface area contributed by atoms with Crippen molar-refractivity contribution in [1.82, 2.24) is 0 Å². The first-order valence-electron chi connectivity index (χ1n) is 8.15. The second kappa shape index (κ2) is 7.25. The van der Waals surface area contributed by atoms with Gasteiger partial charge < -0.3 is 0 Å². The van der Waals surface area contributed by atoms with Crippen molar-refractivity contribution >= 4 is 44.7 Å². The van der Waals surface area contributed by atoms with E-state index in [2.05, 4.69) is 14.4 Å². The predicted molar refractivity (Wildman–Crippen MR) is 107 cm³/mol. The lowest BCUT2D eigenvalue weighted by atomic mass is 9.94. The zero-order chi connectivity index (χ0) is 19.7. The second-order valence-corrected chi connectivity index (χ2v) is 8.44. The molecule has 1 aliphatic carbocycles. The van der Waals surface area contributed by atoms with Gasteiger partial charge in [-0.25, -0.2) is 9.38 Å². The van der Waals surface area contributed by atoms with Crippen LogP contribution in [0, 0.1) is 5.82 Å². The first kappa shape index (κ1) is 18.5. The highest BCUT2D eigenvalue weighted by Crippen LogP contribution is 2.31. The molecule has 2 aliphatic rings. The van der Waals surface area contributed by atoms with Crippen molar-refractivity contribution in [2.45, 2.75) is 4.90 Å². The molecule has 0 saturated carbocycles. The zero-order valence-electron chi connectivity index (χ0n) is 14.2. The summed E-state index contributed by atoms with van der Waals surface area (Å²) < 4.78 is 42.4. The molecule has 0 fully saturated rings. The van der Waals surface area contributed by atoms with E-state index in [1.54, 1.807) is 30.5 Å². The van der Waals surface area contributed by atoms with E-state index in [1.165, 1.54) is 6.08 Å². The number of carbonyl (C=O) groups excluding carboxylic acids is 1. The number of amidine groups is 1. The molecule has 1 heterocycles. The molecule has 0 atom stereocenters. The third-order valence-electron chi connectivity index (χ3n) is 3.98. The number of carbonyl (C=O) groups is 1. The largest absolute Gasteiger partial charge is 0.288 e. The normalized spacial score (nSPS) is 17.5. The van der Waals surface area contributed by atoms with Crippen LogP contribution in [0.25, 0.3) is 0 Å². The molecule has 140 valence electrons. The third-order valence-corrected chi connectivity index (χ3v) is 6.23. The predicted octanol–water partition coefficient (Wildman–Crippen LogP) is 3.26. The van der Waals surface area contributed by atoms with E-state index in [0.29, 0.717) is 22.8 Å². The maximum absolute atomic E-state index is 13.1. The molecular formula is C19H12FN3O3S2. The van der Waals surface area contributed by atoms with Crippen LogP contribution < -0.4 is 0 Å². The molecule has 0 bridgehead atoms. The lowest BCUT2D eigenvalue weighted by Gasteiger charge is -2.16. The number of thioether (sulfide) groups is 1. The Morgan fingerprint density at radius 1 is 1.04 bits per heavy atom. The number of nitrogens with zero attached hydrogens (tertiary/aromatic N) is 3. The van der Waals surface area contributed by atoms with Gasteiger partial charge in [-0.2, -0.15) is 12.8 Å². The van der Waals surface area contributed by atoms with E-state index >= 15 is 0 Å². The fourth-order valence-corrected chi connectivity index (χ4v) is 4.51. The van der Waals surface area contributed by atoms with Gasteiger partial charge in [-0.3, -0.25) is 9.79 Å². The smallest absolute Gasteiger partial charge is 0.282 e. The number of fused-ring (bicyclic) bond motifs is 1. The lowest BCUT2D eigenvalue weighted by Crippen LogP contribution is -2.18. The molecule has 6 nitrogen and oxygen atoms in total. The van der Waals surface area contributed by atoms with Gasteiger partial charge in [0.15, 0.2) is 5.17 Å². The average Bonchev–Trinajstić information content (AvgIpc) is 3.19. The molecule has 2 aromatic rings. The molecule has 0 N–H and O–H groups in total. The summed E-state index contributed by atoms with van der Waals surface area (Å²) in [6, 6.07) is 11.1. The number of hydrogen-bond donors (Lipinski definition) is 0. The Kier molecular flexibility index (Phi) is 4.78. The van der Waals surface area contributed by atoms with Crippen LogP contribution >= 0.6 is 11.8 Å². The van der Waals surface area contributed by atoms with Gasteiger partial charge in [-0.15, -0.1) is 0 Å². The first-order chi connectivity index (χ1) is 13.4. The molecule has 28 heavy (non-hydrogen) atoms. The van der Waals surface area contributed by atoms with Crippen molar-refractivity contribution in [2.24, 2.45) is 14.4 Å². The van der Waals surface area contributed by atoms with E-state index in [0.717, 1.165) is 36.0 Å². The maximum Gasteiger partial charge on any atom is 0.282 e. The summed E-state index contributed by atoms with van der Waals surface area (Å²) in [7, 11) is -4.09. The number of allylic oxidation sites excluding steroid dienone is 2. The molecule has 2 aromatic carbocycles. The number of Topliss-reactive ketones (excluding diaryl/α,β-unsaturated/α-hetero) is 1. The van der Waals surface area contributed by atoms with Gasteiger partial charge in [0.1, 0.15) is 5.82 Å². The molecule has 0 unspecified atom stereocenters. The van der Waals surface area contributed by atoms with Crippen molar-refractivity contribution in [1.29, 1.82) is 0 Å². The van der Waals surface area contributed by atoms with Crippen molar-refractivity contribution in [2.75, 3.05) is 6.54 Å². The molecule has 0 aromatic heterocycles. The zero-order valence-corrected chi connectivity index (χ0v) is 15.9. The fraction of sp³-hybridized carbons (Fsp3) is 0.0526. The molecule has 0 spiro atoms. The number of ketones is 1. The molecule has 0 amide bonds. The van der Waals surface area contributed by atoms with Crippen LogP contribution in [-0.2, 0) is 10.0 Å². The van der Waals surface area contributed by atoms with Crippen LogP contribution in [0.2, 0.25) is 0 Å². The van der Waals surface area contributed by atoms with Gasteiger partial charge >= 0.3 is 0 Å². The summed E-state index contributed by atoms with van der Waals surface area (Å²) in [6.45, 7) is 0.445. The van der Waals surface area contributed by atoms with Crippen LogP contribution in [0.5, 0.6) is 0 Å². The quantitative estimate of drug-likeness (QED) is 0.773. The highest BCUT2D eigenvalue weighted by molar-refractivity contribution is 8.18. The Labute approximate surface area is 164 Å². The molecule has 9 heteroatoms. The standard InChI is InChI=1S/C19H12FN3O3S2/c20-12-5-7-13(8-6-12)28(25,26)23-16-11-17(27-19-21-9-10-22-19)18(24)15-4-2-1-3-14(15)16/h1-9,11H,10H2. The number of aliphatic imine (C=N–C) groups is 2. The molecular weight excluding hydrogens is 401 g/mol. The van der Waals surface area contributed by atoms with Crippen LogP contribution in [0.1, 0.15) is 15.9 Å². The SMILES string of the molecule is O=C1C(SC2=NCC=N2)=CC(=NS(=O)(=O)c2ccc(F)cc2)c2ccccc21. The number of sulfonamides is 1. The minimum absolute atomic E-state index is 0.129. The monoisotopic (exact) mass is 413 g/mol. The van der Waals surface area contributed by atoms with E-state index in [1.807, 2.05) is 0 Å². The molecule has 4 rings (SSSR count). The summed E-state index contributed by atoms with van der Waals surface area (Å²) in [5.74, 6) is -0.791.